The van der Waals surface area contributed by atoms with Crippen LogP contribution in [0.4, 0.5) is 27.4 Å². The molecule has 18 nitrogen and oxygen atoms in total. The van der Waals surface area contributed by atoms with Gasteiger partial charge in [-0.3, -0.25) is 29.4 Å². The van der Waals surface area contributed by atoms with Crippen LogP contribution < -0.4 is 36.5 Å². The molecule has 11 rings (SSSR count). The molecular formula is C48H53FN12O6. The Morgan fingerprint density at radius 3 is 2.66 bits per heavy atom. The van der Waals surface area contributed by atoms with E-state index in [9.17, 15) is 24.3 Å². The number of imide groups is 1. The van der Waals surface area contributed by atoms with Gasteiger partial charge >= 0.3 is 0 Å². The molecule has 1 aliphatic carbocycles. The van der Waals surface area contributed by atoms with Gasteiger partial charge in [-0.05, 0) is 80.0 Å². The molecule has 3 amide bonds. The summed E-state index contributed by atoms with van der Waals surface area (Å²) in [6.45, 7) is 10.7. The normalized spacial score (nSPS) is 23.1. The number of carbonyl (C=O) groups excluding carboxylic acids is 3. The lowest BCUT2D eigenvalue weighted by Gasteiger charge is -2.49. The fourth-order valence-corrected chi connectivity index (χ4v) is 10.6. The lowest BCUT2D eigenvalue weighted by molar-refractivity contribution is -0.136. The Morgan fingerprint density at radius 1 is 1.03 bits per heavy atom. The molecule has 2 aromatic carbocycles. The van der Waals surface area contributed by atoms with Gasteiger partial charge in [-0.1, -0.05) is 19.1 Å². The second-order valence-corrected chi connectivity index (χ2v) is 18.6. The molecule has 5 aliphatic heterocycles. The molecule has 3 atom stereocenters. The maximum absolute atomic E-state index is 15.4. The van der Waals surface area contributed by atoms with Crippen molar-refractivity contribution in [3.63, 3.8) is 0 Å². The second-order valence-electron chi connectivity index (χ2n) is 18.6. The van der Waals surface area contributed by atoms with E-state index >= 15 is 4.39 Å². The predicted molar refractivity (Wildman–Crippen MR) is 247 cm³/mol. The molecule has 348 valence electrons. The number of pyridine rings is 1. The predicted octanol–water partition coefficient (Wildman–Crippen LogP) is 3.47. The molecule has 3 fully saturated rings. The Morgan fingerprint density at radius 2 is 1.87 bits per heavy atom. The largest absolute Gasteiger partial charge is 0.489 e. The zero-order valence-corrected chi connectivity index (χ0v) is 37.3. The van der Waals surface area contributed by atoms with Gasteiger partial charge in [0.05, 0.1) is 29.7 Å². The van der Waals surface area contributed by atoms with Crippen molar-refractivity contribution < 1.29 is 28.6 Å². The van der Waals surface area contributed by atoms with E-state index in [2.05, 4.69) is 37.7 Å². The Bertz CT molecular complexity index is 2910. The second kappa shape index (κ2) is 16.9. The topological polar surface area (TPSA) is 204 Å². The van der Waals surface area contributed by atoms with E-state index in [1.807, 2.05) is 42.2 Å². The van der Waals surface area contributed by atoms with Crippen LogP contribution in [-0.4, -0.2) is 120 Å². The van der Waals surface area contributed by atoms with Gasteiger partial charge < -0.3 is 35.6 Å². The van der Waals surface area contributed by atoms with Crippen molar-refractivity contribution in [3.05, 3.63) is 99.9 Å². The van der Waals surface area contributed by atoms with E-state index in [-0.39, 0.29) is 54.9 Å². The number of aromatic nitrogens is 5. The van der Waals surface area contributed by atoms with Crippen LogP contribution in [0.3, 0.4) is 0 Å². The van der Waals surface area contributed by atoms with Crippen molar-refractivity contribution in [1.82, 2.24) is 44.7 Å². The summed E-state index contributed by atoms with van der Waals surface area (Å²) in [5, 5.41) is 24.6. The summed E-state index contributed by atoms with van der Waals surface area (Å²) < 4.78 is 24.9. The Balaban J connectivity index is 0.672. The third-order valence-corrected chi connectivity index (χ3v) is 14.5. The van der Waals surface area contributed by atoms with Crippen molar-refractivity contribution in [2.75, 3.05) is 54.9 Å². The van der Waals surface area contributed by atoms with Gasteiger partial charge in [0.1, 0.15) is 35.2 Å². The zero-order chi connectivity index (χ0) is 46.1. The van der Waals surface area contributed by atoms with Crippen LogP contribution in [0.25, 0.3) is 16.9 Å². The number of nitrogens with zero attached hydrogens (tertiary/aromatic N) is 8. The van der Waals surface area contributed by atoms with E-state index in [1.165, 1.54) is 21.8 Å². The number of piperidine rings is 2. The van der Waals surface area contributed by atoms with Gasteiger partial charge in [-0.15, -0.1) is 6.58 Å². The highest BCUT2D eigenvalue weighted by Crippen LogP contribution is 2.39. The number of anilines is 4. The van der Waals surface area contributed by atoms with E-state index in [0.717, 1.165) is 50.1 Å². The third kappa shape index (κ3) is 7.67. The highest BCUT2D eigenvalue weighted by Gasteiger charge is 2.42. The number of halogens is 1. The standard InChI is InChI=1S/C48H53FN12O6/c1-3-15-60-46(65)34-22-51-47(56-43(34)61(60)40-9-5-27-11-14-48(66,4-2)42(27)54-40)53-30-6-7-36-39(19-30)67-26-31(52-36)21-50-29-12-16-57(17-13-29)32-24-58(25-32)38-18-28-23-59(45(64)33(28)20-35(38)49)37-8-10-41(62)55-44(37)63/h3,5-7,9,18-20,22,29,31-32,37,50,52,66H,1,4,8,10-17,21,23-26H2,2H3,(H,51,53,56)(H,55,62,63)/t31-,37?,48-/m1/s1. The van der Waals surface area contributed by atoms with Gasteiger partial charge in [0.2, 0.25) is 17.8 Å². The minimum atomic E-state index is -1.02. The number of nitrogens with one attached hydrogen (secondary N) is 4. The summed E-state index contributed by atoms with van der Waals surface area (Å²) in [5.74, 6) is -0.165. The Labute approximate surface area is 385 Å². The number of hydrogen-bond acceptors (Lipinski definition) is 14. The first kappa shape index (κ1) is 42.9. The number of carbonyl (C=O) groups is 3. The average Bonchev–Trinajstić information content (AvgIpc) is 3.92. The van der Waals surface area contributed by atoms with Crippen LogP contribution in [-0.2, 0) is 34.7 Å². The van der Waals surface area contributed by atoms with Gasteiger partial charge in [0, 0.05) is 81.3 Å². The first-order valence-corrected chi connectivity index (χ1v) is 23.3. The Kier molecular flexibility index (Phi) is 10.8. The average molecular weight is 913 g/mol. The summed E-state index contributed by atoms with van der Waals surface area (Å²) in [5.41, 5.74) is 3.80. The number of aliphatic hydroxyl groups is 1. The number of rotatable bonds is 12. The summed E-state index contributed by atoms with van der Waals surface area (Å²) in [6.07, 6.45) is 7.48. The minimum absolute atomic E-state index is 0.0707. The number of aryl methyl sites for hydroxylation is 1. The lowest BCUT2D eigenvalue weighted by Crippen LogP contribution is -2.62. The SMILES string of the molecule is C=CCn1c(=O)c2cnc(Nc3ccc4c(c3)OC[C@@H](CNC3CCN(C5CN(c6cc7c(cc6F)C(=O)N(C6CCC(=O)NC6=O)C7)C5)CC3)N4)nc2n1-c1ccc2c(n1)[C@@](O)(CC)CC2. The summed E-state index contributed by atoms with van der Waals surface area (Å²) in [4.78, 5) is 70.9. The molecule has 0 bridgehead atoms. The van der Waals surface area contributed by atoms with Crippen LogP contribution in [0.2, 0.25) is 0 Å². The molecule has 1 unspecified atom stereocenters. The molecule has 3 aromatic heterocycles. The van der Waals surface area contributed by atoms with Gasteiger partial charge in [0.15, 0.2) is 11.5 Å². The van der Waals surface area contributed by atoms with Crippen LogP contribution in [0, 0.1) is 5.82 Å². The van der Waals surface area contributed by atoms with E-state index < -0.39 is 23.4 Å². The third-order valence-electron chi connectivity index (χ3n) is 14.5. The first-order chi connectivity index (χ1) is 32.5. The zero-order valence-electron chi connectivity index (χ0n) is 37.3. The number of fused-ring (bicyclic) bond motifs is 4. The number of benzene rings is 2. The van der Waals surface area contributed by atoms with E-state index in [4.69, 9.17) is 14.7 Å². The lowest BCUT2D eigenvalue weighted by atomic mass is 9.98. The first-order valence-electron chi connectivity index (χ1n) is 23.3. The van der Waals surface area contributed by atoms with E-state index in [0.29, 0.717) is 95.8 Å². The van der Waals surface area contributed by atoms with Gasteiger partial charge in [0.25, 0.3) is 11.5 Å². The summed E-state index contributed by atoms with van der Waals surface area (Å²) >= 11 is 0. The fraction of sp³-hybridized carbons (Fsp3) is 0.438. The molecule has 67 heavy (non-hydrogen) atoms. The number of ether oxygens (including phenoxy) is 1. The maximum Gasteiger partial charge on any atom is 0.278 e. The highest BCUT2D eigenvalue weighted by molar-refractivity contribution is 6.05. The molecule has 8 heterocycles. The molecule has 5 aromatic rings. The van der Waals surface area contributed by atoms with Crippen LogP contribution in [0.15, 0.2) is 66.1 Å². The molecule has 19 heteroatoms. The van der Waals surface area contributed by atoms with Crippen molar-refractivity contribution >= 4 is 51.8 Å². The number of allylic oxidation sites excluding steroid dienone is 1. The maximum atomic E-state index is 15.4. The van der Waals surface area contributed by atoms with Crippen molar-refractivity contribution in [1.29, 1.82) is 0 Å². The minimum Gasteiger partial charge on any atom is -0.489 e. The molecular weight excluding hydrogens is 860 g/mol. The number of likely N-dealkylation sites (tertiary alicyclic amines) is 1. The van der Waals surface area contributed by atoms with Gasteiger partial charge in [-0.25, -0.2) is 23.7 Å². The smallest absolute Gasteiger partial charge is 0.278 e. The molecule has 6 aliphatic rings. The molecule has 5 N–H and O–H groups in total. The molecule has 0 radical (unpaired) electrons. The van der Waals surface area contributed by atoms with Crippen LogP contribution in [0.1, 0.15) is 72.6 Å². The summed E-state index contributed by atoms with van der Waals surface area (Å²) in [7, 11) is 0. The number of amides is 3. The molecule has 0 saturated carbocycles. The van der Waals surface area contributed by atoms with E-state index in [1.54, 1.807) is 16.8 Å². The van der Waals surface area contributed by atoms with Crippen LogP contribution in [0.5, 0.6) is 5.75 Å². The highest BCUT2D eigenvalue weighted by atomic mass is 19.1. The van der Waals surface area contributed by atoms with Crippen LogP contribution >= 0.6 is 0 Å². The molecule has 3 saturated heterocycles. The molecule has 0 spiro atoms. The Hall–Kier alpha value is -6.70. The summed E-state index contributed by atoms with van der Waals surface area (Å²) in [6, 6.07) is 12.7. The quantitative estimate of drug-likeness (QED) is 0.0900. The monoisotopic (exact) mass is 912 g/mol. The van der Waals surface area contributed by atoms with Crippen molar-refractivity contribution in [2.45, 2.75) is 94.7 Å². The number of hydrogen-bond donors (Lipinski definition) is 5. The fourth-order valence-electron chi connectivity index (χ4n) is 10.6. The van der Waals surface area contributed by atoms with Gasteiger partial charge in [-0.2, -0.15) is 4.98 Å². The van der Waals surface area contributed by atoms with Crippen molar-refractivity contribution in [3.8, 4) is 11.6 Å². The van der Waals surface area contributed by atoms with Crippen molar-refractivity contribution in [2.24, 2.45) is 0 Å².